The number of hydrogen-bond donors (Lipinski definition) is 1. The van der Waals surface area contributed by atoms with Crippen LogP contribution in [0.4, 0.5) is 0 Å². The fourth-order valence-corrected chi connectivity index (χ4v) is 4.43. The molecule has 0 aromatic heterocycles. The molecular weight excluding hydrogens is 360 g/mol. The van der Waals surface area contributed by atoms with Crippen LogP contribution in [0, 0.1) is 11.8 Å². The summed E-state index contributed by atoms with van der Waals surface area (Å²) < 4.78 is 5.89. The van der Waals surface area contributed by atoms with Crippen molar-refractivity contribution in [3.05, 3.63) is 77.9 Å². The first kappa shape index (κ1) is 21.3. The zero-order chi connectivity index (χ0) is 20.9. The van der Waals surface area contributed by atoms with Crippen LogP contribution in [0.15, 0.2) is 66.7 Å². The molecule has 1 saturated carbocycles. The second-order valence-corrected chi connectivity index (χ2v) is 8.80. The second-order valence-electron chi connectivity index (χ2n) is 8.80. The van der Waals surface area contributed by atoms with Crippen LogP contribution in [0.1, 0.15) is 51.2 Å². The quantitative estimate of drug-likeness (QED) is 0.671. The van der Waals surface area contributed by atoms with Crippen molar-refractivity contribution in [1.82, 2.24) is 0 Å². The normalized spacial score (nSPS) is 23.7. The predicted octanol–water partition coefficient (Wildman–Crippen LogP) is 5.39. The topological polar surface area (TPSA) is 46.5 Å². The van der Waals surface area contributed by atoms with Crippen molar-refractivity contribution in [1.29, 1.82) is 0 Å². The molecule has 2 aromatic carbocycles. The number of carbonyl (C=O) groups excluding carboxylic acids is 1. The van der Waals surface area contributed by atoms with Gasteiger partial charge in [0.15, 0.2) is 6.10 Å². The molecule has 29 heavy (non-hydrogen) atoms. The SMILES string of the molecule is C[C@@H]1CC[C@@H](C(C)(C)c2ccccc2)[C@H](OC(=O)[C@@H](O)/C=C/c2ccccc2)C1. The molecule has 154 valence electrons. The van der Waals surface area contributed by atoms with Gasteiger partial charge in [0, 0.05) is 5.92 Å². The number of benzene rings is 2. The molecule has 0 unspecified atom stereocenters. The highest BCUT2D eigenvalue weighted by molar-refractivity contribution is 5.78. The van der Waals surface area contributed by atoms with Gasteiger partial charge in [0.05, 0.1) is 0 Å². The standard InChI is InChI=1S/C26H32O3/c1-19-14-16-22(26(2,3)21-12-8-5-9-13-21)24(18-19)29-25(28)23(27)17-15-20-10-6-4-7-11-20/h4-13,15,17,19,22-24,27H,14,16,18H2,1-3H3/b17-15+/t19-,22-,23+,24-/m1/s1. The Balaban J connectivity index is 1.72. The summed E-state index contributed by atoms with van der Waals surface area (Å²) in [5.74, 6) is 0.160. The lowest BCUT2D eigenvalue weighted by molar-refractivity contribution is -0.163. The van der Waals surface area contributed by atoms with E-state index in [1.165, 1.54) is 11.6 Å². The highest BCUT2D eigenvalue weighted by Crippen LogP contribution is 2.43. The molecule has 1 fully saturated rings. The summed E-state index contributed by atoms with van der Waals surface area (Å²) in [6.45, 7) is 6.67. The van der Waals surface area contributed by atoms with Crippen LogP contribution >= 0.6 is 0 Å². The number of carbonyl (C=O) groups is 1. The Morgan fingerprint density at radius 3 is 2.34 bits per heavy atom. The van der Waals surface area contributed by atoms with Gasteiger partial charge in [0.25, 0.3) is 0 Å². The Morgan fingerprint density at radius 2 is 1.69 bits per heavy atom. The Morgan fingerprint density at radius 1 is 1.07 bits per heavy atom. The molecule has 3 heteroatoms. The number of hydrogen-bond acceptors (Lipinski definition) is 3. The van der Waals surface area contributed by atoms with Gasteiger partial charge in [-0.2, -0.15) is 0 Å². The van der Waals surface area contributed by atoms with Gasteiger partial charge in [0.2, 0.25) is 0 Å². The van der Waals surface area contributed by atoms with Crippen molar-refractivity contribution in [3.8, 4) is 0 Å². The molecule has 0 spiro atoms. The number of aliphatic hydroxyl groups is 1. The van der Waals surface area contributed by atoms with Crippen LogP contribution in [-0.4, -0.2) is 23.3 Å². The molecule has 0 radical (unpaired) electrons. The van der Waals surface area contributed by atoms with E-state index in [0.29, 0.717) is 5.92 Å². The monoisotopic (exact) mass is 392 g/mol. The van der Waals surface area contributed by atoms with E-state index < -0.39 is 12.1 Å². The molecule has 0 aliphatic heterocycles. The van der Waals surface area contributed by atoms with Gasteiger partial charge >= 0.3 is 5.97 Å². The minimum absolute atomic E-state index is 0.114. The Labute approximate surface area is 174 Å². The maximum Gasteiger partial charge on any atom is 0.339 e. The third-order valence-electron chi connectivity index (χ3n) is 6.28. The average molecular weight is 393 g/mol. The van der Waals surface area contributed by atoms with Crippen molar-refractivity contribution in [3.63, 3.8) is 0 Å². The van der Waals surface area contributed by atoms with Crippen molar-refractivity contribution >= 4 is 12.0 Å². The summed E-state index contributed by atoms with van der Waals surface area (Å²) in [4.78, 5) is 12.6. The van der Waals surface area contributed by atoms with Crippen LogP contribution in [0.3, 0.4) is 0 Å². The smallest absolute Gasteiger partial charge is 0.339 e. The van der Waals surface area contributed by atoms with Crippen LogP contribution in [0.2, 0.25) is 0 Å². The van der Waals surface area contributed by atoms with E-state index >= 15 is 0 Å². The molecule has 0 heterocycles. The predicted molar refractivity (Wildman–Crippen MR) is 117 cm³/mol. The molecule has 3 nitrogen and oxygen atoms in total. The fourth-order valence-electron chi connectivity index (χ4n) is 4.43. The number of aliphatic hydroxyl groups excluding tert-OH is 1. The van der Waals surface area contributed by atoms with Crippen LogP contribution in [-0.2, 0) is 14.9 Å². The van der Waals surface area contributed by atoms with E-state index in [1.54, 1.807) is 6.08 Å². The van der Waals surface area contributed by atoms with E-state index in [0.717, 1.165) is 24.8 Å². The van der Waals surface area contributed by atoms with Crippen LogP contribution < -0.4 is 0 Å². The van der Waals surface area contributed by atoms with Gasteiger partial charge in [-0.25, -0.2) is 4.79 Å². The van der Waals surface area contributed by atoms with Crippen molar-refractivity contribution in [2.75, 3.05) is 0 Å². The Hall–Kier alpha value is -2.39. The minimum Gasteiger partial charge on any atom is -0.460 e. The fraction of sp³-hybridized carbons (Fsp3) is 0.423. The maximum atomic E-state index is 12.6. The molecule has 0 amide bonds. The van der Waals surface area contributed by atoms with Crippen LogP contribution in [0.25, 0.3) is 6.08 Å². The zero-order valence-electron chi connectivity index (χ0n) is 17.6. The van der Waals surface area contributed by atoms with E-state index in [1.807, 2.05) is 36.4 Å². The molecular formula is C26H32O3. The van der Waals surface area contributed by atoms with E-state index in [4.69, 9.17) is 4.74 Å². The van der Waals surface area contributed by atoms with Gasteiger partial charge < -0.3 is 9.84 Å². The molecule has 1 aliphatic rings. The van der Waals surface area contributed by atoms with Crippen molar-refractivity contribution in [2.45, 2.75) is 57.7 Å². The first-order valence-corrected chi connectivity index (χ1v) is 10.5. The lowest BCUT2D eigenvalue weighted by Crippen LogP contribution is -2.44. The lowest BCUT2D eigenvalue weighted by atomic mass is 9.64. The molecule has 1 aliphatic carbocycles. The molecule has 2 aromatic rings. The summed E-state index contributed by atoms with van der Waals surface area (Å²) in [6.07, 6.45) is 4.78. The highest BCUT2D eigenvalue weighted by atomic mass is 16.6. The van der Waals surface area contributed by atoms with Crippen LogP contribution in [0.5, 0.6) is 0 Å². The number of ether oxygens (including phenoxy) is 1. The second kappa shape index (κ2) is 9.41. The van der Waals surface area contributed by atoms with Gasteiger partial charge in [-0.1, -0.05) is 93.9 Å². The van der Waals surface area contributed by atoms with Gasteiger partial charge in [-0.05, 0) is 41.4 Å². The molecule has 0 bridgehead atoms. The molecule has 0 saturated heterocycles. The highest BCUT2D eigenvalue weighted by Gasteiger charge is 2.42. The molecule has 4 atom stereocenters. The minimum atomic E-state index is -1.26. The van der Waals surface area contributed by atoms with Gasteiger partial charge in [-0.15, -0.1) is 0 Å². The maximum absolute atomic E-state index is 12.6. The average Bonchev–Trinajstić information content (AvgIpc) is 2.73. The van der Waals surface area contributed by atoms with E-state index in [9.17, 15) is 9.90 Å². The number of rotatable bonds is 6. The van der Waals surface area contributed by atoms with Crippen molar-refractivity contribution in [2.24, 2.45) is 11.8 Å². The Kier molecular flexibility index (Phi) is 6.92. The lowest BCUT2D eigenvalue weighted by Gasteiger charge is -2.44. The molecule has 3 rings (SSSR count). The first-order valence-electron chi connectivity index (χ1n) is 10.5. The Bertz CT molecular complexity index is 810. The third kappa shape index (κ3) is 5.36. The summed E-state index contributed by atoms with van der Waals surface area (Å²) in [5, 5.41) is 10.3. The zero-order valence-corrected chi connectivity index (χ0v) is 17.6. The van der Waals surface area contributed by atoms with Gasteiger partial charge in [0.1, 0.15) is 6.10 Å². The first-order chi connectivity index (χ1) is 13.9. The largest absolute Gasteiger partial charge is 0.460 e. The summed E-state index contributed by atoms with van der Waals surface area (Å²) in [7, 11) is 0. The van der Waals surface area contributed by atoms with E-state index in [-0.39, 0.29) is 17.4 Å². The van der Waals surface area contributed by atoms with E-state index in [2.05, 4.69) is 45.0 Å². The summed E-state index contributed by atoms with van der Waals surface area (Å²) >= 11 is 0. The molecule has 1 N–H and O–H groups in total. The summed E-state index contributed by atoms with van der Waals surface area (Å²) in [5.41, 5.74) is 2.08. The van der Waals surface area contributed by atoms with Crippen molar-refractivity contribution < 1.29 is 14.6 Å². The summed E-state index contributed by atoms with van der Waals surface area (Å²) in [6, 6.07) is 20.1. The van der Waals surface area contributed by atoms with Gasteiger partial charge in [-0.3, -0.25) is 0 Å². The number of esters is 1. The third-order valence-corrected chi connectivity index (χ3v) is 6.28.